The second-order valence-corrected chi connectivity index (χ2v) is 3.14. The maximum Gasteiger partial charge on any atom is 0.235 e. The van der Waals surface area contributed by atoms with Gasteiger partial charge in [-0.25, -0.2) is 0 Å². The molecule has 0 N–H and O–H groups in total. The highest BCUT2D eigenvalue weighted by Crippen LogP contribution is 2.27. The number of imide groups is 1. The van der Waals surface area contributed by atoms with Crippen LogP contribution in [0.3, 0.4) is 0 Å². The van der Waals surface area contributed by atoms with Crippen LogP contribution in [0.2, 0.25) is 0 Å². The third kappa shape index (κ3) is 0.853. The monoisotopic (exact) mass is 159 g/mol. The Morgan fingerprint density at radius 1 is 1.20 bits per heavy atom. The summed E-state index contributed by atoms with van der Waals surface area (Å²) in [4.78, 5) is 22.0. The second-order valence-electron chi connectivity index (χ2n) is 2.62. The topological polar surface area (TPSA) is 37.4 Å². The van der Waals surface area contributed by atoms with Crippen LogP contribution in [0.5, 0.6) is 0 Å². The van der Waals surface area contributed by atoms with Crippen molar-refractivity contribution in [3.63, 3.8) is 0 Å². The standard InChI is InChI=1S/C6H10NO2P/c1-3-4(2)6(9)7(10)5(3)8/h3-4H,10H2,1-2H3. The van der Waals surface area contributed by atoms with Crippen LogP contribution in [-0.4, -0.2) is 16.5 Å². The summed E-state index contributed by atoms with van der Waals surface area (Å²) in [7, 11) is 2.13. The van der Waals surface area contributed by atoms with Gasteiger partial charge in [-0.15, -0.1) is 0 Å². The number of amides is 2. The molecular formula is C6H10NO2P. The molecule has 1 fully saturated rings. The fourth-order valence-corrected chi connectivity index (χ4v) is 1.45. The molecule has 0 bridgehead atoms. The number of carbonyl (C=O) groups is 2. The summed E-state index contributed by atoms with van der Waals surface area (Å²) in [6.45, 7) is 3.55. The lowest BCUT2D eigenvalue weighted by molar-refractivity contribution is -0.133. The van der Waals surface area contributed by atoms with E-state index >= 15 is 0 Å². The lowest BCUT2D eigenvalue weighted by Crippen LogP contribution is -2.19. The number of hydrogen-bond acceptors (Lipinski definition) is 2. The van der Waals surface area contributed by atoms with Gasteiger partial charge in [0.1, 0.15) is 0 Å². The molecule has 0 aliphatic carbocycles. The van der Waals surface area contributed by atoms with Gasteiger partial charge in [0.2, 0.25) is 11.8 Å². The van der Waals surface area contributed by atoms with Gasteiger partial charge in [0.15, 0.2) is 0 Å². The van der Waals surface area contributed by atoms with Gasteiger partial charge in [0, 0.05) is 11.8 Å². The molecule has 10 heavy (non-hydrogen) atoms. The van der Waals surface area contributed by atoms with Crippen molar-refractivity contribution in [1.29, 1.82) is 0 Å². The van der Waals surface area contributed by atoms with E-state index in [0.29, 0.717) is 0 Å². The average Bonchev–Trinajstić information content (AvgIpc) is 2.07. The quantitative estimate of drug-likeness (QED) is 0.379. The molecule has 4 heteroatoms. The van der Waals surface area contributed by atoms with Crippen LogP contribution in [-0.2, 0) is 9.59 Å². The van der Waals surface area contributed by atoms with E-state index in [-0.39, 0.29) is 23.7 Å². The predicted octanol–water partition coefficient (Wildman–Crippen LogP) is 0.418. The Morgan fingerprint density at radius 2 is 1.50 bits per heavy atom. The van der Waals surface area contributed by atoms with E-state index in [0.717, 1.165) is 4.67 Å². The van der Waals surface area contributed by atoms with Crippen molar-refractivity contribution in [3.8, 4) is 0 Å². The summed E-state index contributed by atoms with van der Waals surface area (Å²) < 4.78 is 1.12. The summed E-state index contributed by atoms with van der Waals surface area (Å²) in [6.07, 6.45) is 0. The molecule has 3 atom stereocenters. The summed E-state index contributed by atoms with van der Waals surface area (Å²) in [5, 5.41) is 0. The Morgan fingerprint density at radius 3 is 1.60 bits per heavy atom. The summed E-state index contributed by atoms with van der Waals surface area (Å²) in [5.74, 6) is -0.486. The molecule has 0 aromatic rings. The van der Waals surface area contributed by atoms with Crippen LogP contribution in [0.4, 0.5) is 0 Å². The summed E-state index contributed by atoms with van der Waals surface area (Å²) in [6, 6.07) is 0. The minimum Gasteiger partial charge on any atom is -0.274 e. The maximum absolute atomic E-state index is 11.0. The highest BCUT2D eigenvalue weighted by molar-refractivity contribution is 7.16. The van der Waals surface area contributed by atoms with E-state index in [9.17, 15) is 9.59 Å². The first-order valence-electron chi connectivity index (χ1n) is 3.18. The minimum atomic E-state index is -0.148. The van der Waals surface area contributed by atoms with Gasteiger partial charge in [-0.1, -0.05) is 13.8 Å². The number of rotatable bonds is 0. The summed E-state index contributed by atoms with van der Waals surface area (Å²) in [5.41, 5.74) is 0. The van der Waals surface area contributed by atoms with Crippen LogP contribution in [0, 0.1) is 11.8 Å². The largest absolute Gasteiger partial charge is 0.274 e. The Balaban J connectivity index is 2.89. The normalized spacial score (nSPS) is 33.7. The van der Waals surface area contributed by atoms with Crippen LogP contribution in [0.25, 0.3) is 0 Å². The zero-order valence-electron chi connectivity index (χ0n) is 6.00. The minimum absolute atomic E-state index is 0.0949. The van der Waals surface area contributed by atoms with Crippen molar-refractivity contribution in [2.24, 2.45) is 11.8 Å². The Bertz CT molecular complexity index is 172. The fraction of sp³-hybridized carbons (Fsp3) is 0.667. The molecule has 1 aliphatic rings. The van der Waals surface area contributed by atoms with Gasteiger partial charge >= 0.3 is 0 Å². The number of nitrogens with zero attached hydrogens (tertiary/aromatic N) is 1. The van der Waals surface area contributed by atoms with Crippen LogP contribution in [0.15, 0.2) is 0 Å². The molecular weight excluding hydrogens is 149 g/mol. The molecule has 0 aromatic heterocycles. The van der Waals surface area contributed by atoms with Gasteiger partial charge in [-0.05, 0) is 9.39 Å². The van der Waals surface area contributed by atoms with Crippen LogP contribution in [0.1, 0.15) is 13.8 Å². The Hall–Kier alpha value is -0.430. The Kier molecular flexibility index (Phi) is 1.78. The van der Waals surface area contributed by atoms with E-state index in [1.54, 1.807) is 13.8 Å². The zero-order chi connectivity index (χ0) is 7.89. The molecule has 1 heterocycles. The first-order chi connectivity index (χ1) is 4.55. The maximum atomic E-state index is 11.0. The second kappa shape index (κ2) is 2.31. The van der Waals surface area contributed by atoms with E-state index in [1.165, 1.54) is 0 Å². The zero-order valence-corrected chi connectivity index (χ0v) is 7.15. The highest BCUT2D eigenvalue weighted by atomic mass is 31.0. The van der Waals surface area contributed by atoms with E-state index in [2.05, 4.69) is 9.39 Å². The van der Waals surface area contributed by atoms with Gasteiger partial charge in [-0.2, -0.15) is 0 Å². The van der Waals surface area contributed by atoms with Crippen LogP contribution < -0.4 is 0 Å². The fourth-order valence-electron chi connectivity index (χ4n) is 0.975. The van der Waals surface area contributed by atoms with Crippen molar-refractivity contribution in [2.45, 2.75) is 13.8 Å². The Labute approximate surface area is 62.0 Å². The third-order valence-corrected chi connectivity index (χ3v) is 2.51. The predicted molar refractivity (Wildman–Crippen MR) is 39.9 cm³/mol. The number of hydrogen-bond donors (Lipinski definition) is 0. The molecule has 0 spiro atoms. The first kappa shape index (κ1) is 7.67. The molecule has 0 radical (unpaired) electrons. The van der Waals surface area contributed by atoms with Crippen molar-refractivity contribution in [2.75, 3.05) is 0 Å². The number of carbonyl (C=O) groups excluding carboxylic acids is 2. The average molecular weight is 159 g/mol. The lowest BCUT2D eigenvalue weighted by atomic mass is 10.00. The molecule has 0 aromatic carbocycles. The molecule has 3 nitrogen and oxygen atoms in total. The first-order valence-corrected chi connectivity index (χ1v) is 3.70. The molecule has 1 saturated heterocycles. The SMILES string of the molecule is CC1C(=O)N(P)C(=O)C1C. The van der Waals surface area contributed by atoms with E-state index in [1.807, 2.05) is 0 Å². The van der Waals surface area contributed by atoms with Crippen molar-refractivity contribution >= 4 is 21.2 Å². The smallest absolute Gasteiger partial charge is 0.235 e. The summed E-state index contributed by atoms with van der Waals surface area (Å²) >= 11 is 0. The van der Waals surface area contributed by atoms with Gasteiger partial charge in [0.05, 0.1) is 0 Å². The van der Waals surface area contributed by atoms with Gasteiger partial charge < -0.3 is 0 Å². The lowest BCUT2D eigenvalue weighted by Gasteiger charge is -2.03. The highest BCUT2D eigenvalue weighted by Gasteiger charge is 2.39. The van der Waals surface area contributed by atoms with Crippen molar-refractivity contribution in [1.82, 2.24) is 4.67 Å². The molecule has 56 valence electrons. The van der Waals surface area contributed by atoms with E-state index < -0.39 is 0 Å². The molecule has 3 unspecified atom stereocenters. The van der Waals surface area contributed by atoms with Crippen LogP contribution >= 0.6 is 9.39 Å². The third-order valence-electron chi connectivity index (χ3n) is 2.00. The van der Waals surface area contributed by atoms with Gasteiger partial charge in [-0.3, -0.25) is 14.3 Å². The molecule has 2 amide bonds. The van der Waals surface area contributed by atoms with Gasteiger partial charge in [0.25, 0.3) is 0 Å². The van der Waals surface area contributed by atoms with Crippen molar-refractivity contribution in [3.05, 3.63) is 0 Å². The van der Waals surface area contributed by atoms with E-state index in [4.69, 9.17) is 0 Å². The van der Waals surface area contributed by atoms with Crippen molar-refractivity contribution < 1.29 is 9.59 Å². The molecule has 1 rings (SSSR count). The molecule has 1 aliphatic heterocycles. The molecule has 0 saturated carbocycles.